The molecular formula is C15H8N2O7. The van der Waals surface area contributed by atoms with Crippen molar-refractivity contribution in [3.63, 3.8) is 0 Å². The fraction of sp³-hybridized carbons (Fsp3) is 0.0667. The molecule has 0 amide bonds. The largest absolute Gasteiger partial charge is 0.465 e. The Labute approximate surface area is 133 Å². The fourth-order valence-electron chi connectivity index (χ4n) is 2.72. The van der Waals surface area contributed by atoms with Crippen molar-refractivity contribution < 1.29 is 24.2 Å². The second-order valence-corrected chi connectivity index (χ2v) is 4.95. The molecule has 1 aliphatic rings. The molecule has 0 aliphatic heterocycles. The number of non-ortho nitro benzene ring substituents is 1. The molecule has 0 bridgehead atoms. The number of nitro groups is 2. The van der Waals surface area contributed by atoms with Crippen molar-refractivity contribution in [3.05, 3.63) is 67.3 Å². The summed E-state index contributed by atoms with van der Waals surface area (Å²) in [6, 6.07) is 6.14. The van der Waals surface area contributed by atoms with Crippen LogP contribution in [0.25, 0.3) is 11.1 Å². The second-order valence-electron chi connectivity index (χ2n) is 4.95. The Morgan fingerprint density at radius 2 is 1.67 bits per heavy atom. The summed E-state index contributed by atoms with van der Waals surface area (Å²) in [4.78, 5) is 45.2. The molecule has 0 N–H and O–H groups in total. The molecule has 24 heavy (non-hydrogen) atoms. The average Bonchev–Trinajstić information content (AvgIpc) is 2.85. The van der Waals surface area contributed by atoms with Gasteiger partial charge in [0, 0.05) is 23.8 Å². The van der Waals surface area contributed by atoms with E-state index in [2.05, 4.69) is 4.74 Å². The van der Waals surface area contributed by atoms with Gasteiger partial charge in [-0.25, -0.2) is 4.79 Å². The molecule has 2 aromatic rings. The third-order valence-electron chi connectivity index (χ3n) is 3.75. The van der Waals surface area contributed by atoms with Crippen molar-refractivity contribution in [2.45, 2.75) is 0 Å². The number of benzene rings is 2. The smallest absolute Gasteiger partial charge is 0.345 e. The Hall–Kier alpha value is -3.62. The van der Waals surface area contributed by atoms with E-state index in [1.54, 1.807) is 0 Å². The van der Waals surface area contributed by atoms with E-state index >= 15 is 0 Å². The van der Waals surface area contributed by atoms with Crippen molar-refractivity contribution in [3.8, 4) is 11.1 Å². The van der Waals surface area contributed by atoms with E-state index in [4.69, 9.17) is 0 Å². The van der Waals surface area contributed by atoms with E-state index in [-0.39, 0.29) is 16.8 Å². The third kappa shape index (κ3) is 2.02. The molecule has 9 nitrogen and oxygen atoms in total. The van der Waals surface area contributed by atoms with Crippen molar-refractivity contribution in [2.24, 2.45) is 0 Å². The van der Waals surface area contributed by atoms with Crippen molar-refractivity contribution in [2.75, 3.05) is 7.11 Å². The Balaban J connectivity index is 2.32. The molecule has 0 unspecified atom stereocenters. The van der Waals surface area contributed by atoms with Crippen LogP contribution in [0.5, 0.6) is 0 Å². The first-order chi connectivity index (χ1) is 11.4. The van der Waals surface area contributed by atoms with Crippen LogP contribution in [0.1, 0.15) is 26.3 Å². The van der Waals surface area contributed by atoms with Crippen molar-refractivity contribution in [1.82, 2.24) is 0 Å². The van der Waals surface area contributed by atoms with Crippen molar-refractivity contribution >= 4 is 23.1 Å². The van der Waals surface area contributed by atoms with Crippen LogP contribution in [0.4, 0.5) is 11.4 Å². The molecule has 0 saturated heterocycles. The quantitative estimate of drug-likeness (QED) is 0.410. The van der Waals surface area contributed by atoms with Gasteiger partial charge in [-0.1, -0.05) is 0 Å². The number of nitrogens with zero attached hydrogens (tertiary/aromatic N) is 2. The van der Waals surface area contributed by atoms with Gasteiger partial charge in [0.2, 0.25) is 0 Å². The monoisotopic (exact) mass is 328 g/mol. The lowest BCUT2D eigenvalue weighted by molar-refractivity contribution is -0.385. The van der Waals surface area contributed by atoms with E-state index in [1.807, 2.05) is 0 Å². The molecule has 0 spiro atoms. The van der Waals surface area contributed by atoms with Crippen molar-refractivity contribution in [1.29, 1.82) is 0 Å². The number of carbonyl (C=O) groups is 2. The highest BCUT2D eigenvalue weighted by atomic mass is 16.6. The van der Waals surface area contributed by atoms with Crippen LogP contribution < -0.4 is 0 Å². The van der Waals surface area contributed by atoms with Gasteiger partial charge in [-0.15, -0.1) is 0 Å². The zero-order valence-electron chi connectivity index (χ0n) is 12.1. The molecule has 9 heteroatoms. The number of ketones is 1. The van der Waals surface area contributed by atoms with E-state index in [9.17, 15) is 29.8 Å². The summed E-state index contributed by atoms with van der Waals surface area (Å²) in [5.74, 6) is -1.71. The minimum atomic E-state index is -1.02. The summed E-state index contributed by atoms with van der Waals surface area (Å²) >= 11 is 0. The summed E-state index contributed by atoms with van der Waals surface area (Å²) in [7, 11) is 1.04. The van der Waals surface area contributed by atoms with Crippen LogP contribution >= 0.6 is 0 Å². The van der Waals surface area contributed by atoms with Gasteiger partial charge in [0.15, 0.2) is 5.78 Å². The lowest BCUT2D eigenvalue weighted by Crippen LogP contribution is -2.12. The predicted octanol–water partition coefficient (Wildman–Crippen LogP) is 2.50. The topological polar surface area (TPSA) is 130 Å². The lowest BCUT2D eigenvalue weighted by atomic mass is 9.99. The standard InChI is InChI=1S/C15H8N2O7/c1-24-15(19)13-11(17(22)23)5-4-9-8-3-2-7(16(20)21)6-10(8)14(18)12(9)13/h2-6H,1H3. The van der Waals surface area contributed by atoms with Crippen LogP contribution in [0.15, 0.2) is 30.3 Å². The number of rotatable bonds is 3. The molecule has 0 aromatic heterocycles. The summed E-state index contributed by atoms with van der Waals surface area (Å²) < 4.78 is 4.56. The summed E-state index contributed by atoms with van der Waals surface area (Å²) in [6.07, 6.45) is 0. The lowest BCUT2D eigenvalue weighted by Gasteiger charge is -2.06. The van der Waals surface area contributed by atoms with Gasteiger partial charge in [-0.2, -0.15) is 0 Å². The summed E-state index contributed by atoms with van der Waals surface area (Å²) in [5.41, 5.74) is -0.780. The predicted molar refractivity (Wildman–Crippen MR) is 80.0 cm³/mol. The first-order valence-electron chi connectivity index (χ1n) is 6.60. The molecule has 1 aliphatic carbocycles. The molecule has 3 rings (SSSR count). The first kappa shape index (κ1) is 15.3. The van der Waals surface area contributed by atoms with Crippen LogP contribution in [0.2, 0.25) is 0 Å². The molecule has 0 atom stereocenters. The number of fused-ring (bicyclic) bond motifs is 3. The molecule has 0 heterocycles. The summed E-state index contributed by atoms with van der Waals surface area (Å²) in [5, 5.41) is 22.0. The van der Waals surface area contributed by atoms with E-state index < -0.39 is 32.9 Å². The Bertz CT molecular complexity index is 949. The number of ether oxygens (including phenoxy) is 1. The molecule has 0 fully saturated rings. The summed E-state index contributed by atoms with van der Waals surface area (Å²) in [6.45, 7) is 0. The van der Waals surface area contributed by atoms with Crippen LogP contribution in [-0.2, 0) is 4.74 Å². The van der Waals surface area contributed by atoms with E-state index in [0.29, 0.717) is 11.1 Å². The maximum absolute atomic E-state index is 12.6. The minimum absolute atomic E-state index is 0.0184. The highest BCUT2D eigenvalue weighted by Gasteiger charge is 2.37. The highest BCUT2D eigenvalue weighted by molar-refractivity contribution is 6.26. The second kappa shape index (κ2) is 5.23. The Morgan fingerprint density at radius 1 is 1.00 bits per heavy atom. The first-order valence-corrected chi connectivity index (χ1v) is 6.60. The SMILES string of the molecule is COC(=O)c1c([N+](=O)[O-])ccc2c1C(=O)c1cc([N+](=O)[O-])ccc1-2. The van der Waals surface area contributed by atoms with Crippen LogP contribution in [-0.4, -0.2) is 28.7 Å². The van der Waals surface area contributed by atoms with Crippen LogP contribution in [0, 0.1) is 20.2 Å². The van der Waals surface area contributed by atoms with Gasteiger partial charge in [-0.05, 0) is 23.3 Å². The highest BCUT2D eigenvalue weighted by Crippen LogP contribution is 2.42. The molecular weight excluding hydrogens is 320 g/mol. The van der Waals surface area contributed by atoms with Gasteiger partial charge in [-0.3, -0.25) is 25.0 Å². The maximum Gasteiger partial charge on any atom is 0.345 e. The number of methoxy groups -OCH3 is 1. The average molecular weight is 328 g/mol. The molecule has 0 saturated carbocycles. The van der Waals surface area contributed by atoms with Gasteiger partial charge >= 0.3 is 5.97 Å². The van der Waals surface area contributed by atoms with Gasteiger partial charge < -0.3 is 4.74 Å². The van der Waals surface area contributed by atoms with Gasteiger partial charge in [0.05, 0.1) is 22.5 Å². The number of hydrogen-bond donors (Lipinski definition) is 0. The van der Waals surface area contributed by atoms with E-state index in [0.717, 1.165) is 19.2 Å². The number of esters is 1. The maximum atomic E-state index is 12.6. The minimum Gasteiger partial charge on any atom is -0.465 e. The number of carbonyl (C=O) groups excluding carboxylic acids is 2. The fourth-order valence-corrected chi connectivity index (χ4v) is 2.72. The van der Waals surface area contributed by atoms with Gasteiger partial charge in [0.1, 0.15) is 5.56 Å². The molecule has 120 valence electrons. The zero-order valence-corrected chi connectivity index (χ0v) is 12.1. The Morgan fingerprint density at radius 3 is 2.25 bits per heavy atom. The Kier molecular flexibility index (Phi) is 3.33. The van der Waals surface area contributed by atoms with E-state index in [1.165, 1.54) is 18.2 Å². The molecule has 0 radical (unpaired) electrons. The normalized spacial score (nSPS) is 11.6. The zero-order chi connectivity index (χ0) is 17.6. The van der Waals surface area contributed by atoms with Crippen LogP contribution in [0.3, 0.4) is 0 Å². The number of nitro benzene ring substituents is 2. The number of hydrogen-bond acceptors (Lipinski definition) is 7. The third-order valence-corrected chi connectivity index (χ3v) is 3.75. The van der Waals surface area contributed by atoms with Gasteiger partial charge in [0.25, 0.3) is 11.4 Å². The molecule has 2 aromatic carbocycles.